The van der Waals surface area contributed by atoms with Gasteiger partial charge >= 0.3 is 0 Å². The molecule has 1 amide bonds. The Morgan fingerprint density at radius 2 is 2.42 bits per heavy atom. The number of carbonyl (C=O) groups is 1. The normalized spacial score (nSPS) is 22.1. The molecule has 19 heavy (non-hydrogen) atoms. The summed E-state index contributed by atoms with van der Waals surface area (Å²) >= 11 is 3.51. The van der Waals surface area contributed by atoms with Gasteiger partial charge in [-0.2, -0.15) is 0 Å². The number of nitrogens with two attached hydrogens (primary N) is 1. The Hall–Kier alpha value is -0.910. The second-order valence-electron chi connectivity index (χ2n) is 4.84. The molecular weight excluding hydrogens is 306 g/mol. The minimum absolute atomic E-state index is 0.224. The van der Waals surface area contributed by atoms with Crippen LogP contribution < -0.4 is 11.1 Å². The summed E-state index contributed by atoms with van der Waals surface area (Å²) in [6, 6.07) is 8.28. The number of hydrogen-bond acceptors (Lipinski definition) is 3. The van der Waals surface area contributed by atoms with Crippen molar-refractivity contribution in [2.75, 3.05) is 19.6 Å². The number of hydrogen-bond donors (Lipinski definition) is 2. The van der Waals surface area contributed by atoms with Crippen LogP contribution in [0.4, 0.5) is 0 Å². The first kappa shape index (κ1) is 14.5. The third-order valence-electron chi connectivity index (χ3n) is 3.63. The van der Waals surface area contributed by atoms with Gasteiger partial charge in [-0.05, 0) is 24.1 Å². The Balaban J connectivity index is 2.26. The number of rotatable bonds is 4. The number of amides is 1. The molecule has 2 rings (SSSR count). The van der Waals surface area contributed by atoms with E-state index in [0.29, 0.717) is 6.54 Å². The van der Waals surface area contributed by atoms with E-state index in [-0.39, 0.29) is 18.0 Å². The van der Waals surface area contributed by atoms with Gasteiger partial charge in [-0.1, -0.05) is 35.0 Å². The second kappa shape index (κ2) is 6.50. The lowest BCUT2D eigenvalue weighted by atomic mass is 9.99. The summed E-state index contributed by atoms with van der Waals surface area (Å²) in [6.07, 6.45) is 0.959. The molecule has 1 heterocycles. The van der Waals surface area contributed by atoms with Gasteiger partial charge < -0.3 is 11.1 Å². The van der Waals surface area contributed by atoms with Gasteiger partial charge in [-0.25, -0.2) is 0 Å². The molecule has 0 aliphatic carbocycles. The van der Waals surface area contributed by atoms with Crippen molar-refractivity contribution in [2.24, 2.45) is 5.73 Å². The zero-order valence-electron chi connectivity index (χ0n) is 11.1. The number of primary amides is 1. The van der Waals surface area contributed by atoms with E-state index < -0.39 is 0 Å². The maximum Gasteiger partial charge on any atom is 0.236 e. The van der Waals surface area contributed by atoms with E-state index in [9.17, 15) is 4.79 Å². The van der Waals surface area contributed by atoms with E-state index in [1.54, 1.807) is 0 Å². The zero-order chi connectivity index (χ0) is 13.8. The van der Waals surface area contributed by atoms with Gasteiger partial charge in [0.05, 0.1) is 0 Å². The number of nitrogens with one attached hydrogen (secondary N) is 1. The summed E-state index contributed by atoms with van der Waals surface area (Å²) in [5.41, 5.74) is 6.76. The molecule has 1 aliphatic rings. The average molecular weight is 326 g/mol. The third-order valence-corrected chi connectivity index (χ3v) is 4.13. The molecule has 2 unspecified atom stereocenters. The van der Waals surface area contributed by atoms with E-state index in [2.05, 4.69) is 45.2 Å². The molecule has 0 bridgehead atoms. The first-order valence-electron chi connectivity index (χ1n) is 6.64. The maximum absolute atomic E-state index is 11.6. The maximum atomic E-state index is 11.6. The van der Waals surface area contributed by atoms with Gasteiger partial charge in [0, 0.05) is 30.1 Å². The fourth-order valence-electron chi connectivity index (χ4n) is 2.73. The smallest absolute Gasteiger partial charge is 0.236 e. The molecule has 1 aromatic rings. The molecule has 0 aromatic heterocycles. The van der Waals surface area contributed by atoms with Crippen molar-refractivity contribution in [3.05, 3.63) is 34.3 Å². The number of halogens is 1. The molecule has 1 aromatic carbocycles. The lowest BCUT2D eigenvalue weighted by molar-refractivity contribution is -0.125. The summed E-state index contributed by atoms with van der Waals surface area (Å²) in [6.45, 7) is 4.53. The van der Waals surface area contributed by atoms with Crippen LogP contribution in [0, 0.1) is 0 Å². The van der Waals surface area contributed by atoms with E-state index in [1.807, 2.05) is 12.1 Å². The second-order valence-corrected chi connectivity index (χ2v) is 5.75. The van der Waals surface area contributed by atoms with Crippen molar-refractivity contribution in [3.63, 3.8) is 0 Å². The van der Waals surface area contributed by atoms with Crippen molar-refractivity contribution in [2.45, 2.75) is 25.4 Å². The zero-order valence-corrected chi connectivity index (χ0v) is 12.7. The highest BCUT2D eigenvalue weighted by Gasteiger charge is 2.32. The molecule has 1 aliphatic heterocycles. The fraction of sp³-hybridized carbons (Fsp3) is 0.500. The van der Waals surface area contributed by atoms with Gasteiger partial charge in [0.25, 0.3) is 0 Å². The molecule has 3 N–H and O–H groups in total. The van der Waals surface area contributed by atoms with Gasteiger partial charge in [-0.3, -0.25) is 9.69 Å². The molecule has 104 valence electrons. The van der Waals surface area contributed by atoms with Crippen LogP contribution in [-0.4, -0.2) is 36.5 Å². The largest absolute Gasteiger partial charge is 0.368 e. The number of carbonyl (C=O) groups excluding carboxylic acids is 1. The van der Waals surface area contributed by atoms with Gasteiger partial charge in [-0.15, -0.1) is 0 Å². The molecule has 0 radical (unpaired) electrons. The minimum Gasteiger partial charge on any atom is -0.368 e. The number of piperazine rings is 1. The number of benzene rings is 1. The highest BCUT2D eigenvalue weighted by atomic mass is 79.9. The van der Waals surface area contributed by atoms with E-state index in [0.717, 1.165) is 24.0 Å². The lowest BCUT2D eigenvalue weighted by Gasteiger charge is -2.40. The molecular formula is C14H20BrN3O. The summed E-state index contributed by atoms with van der Waals surface area (Å²) in [4.78, 5) is 13.8. The SMILES string of the molecule is CCC(c1cccc(Br)c1)N1CCNCC1C(N)=O. The minimum atomic E-state index is -0.249. The van der Waals surface area contributed by atoms with Crippen LogP contribution in [0.3, 0.4) is 0 Å². The third kappa shape index (κ3) is 3.35. The van der Waals surface area contributed by atoms with Crippen LogP contribution in [0.15, 0.2) is 28.7 Å². The Labute approximate surface area is 122 Å². The standard InChI is InChI=1S/C14H20BrN3O/c1-2-12(10-4-3-5-11(15)8-10)18-7-6-17-9-13(18)14(16)19/h3-5,8,12-13,17H,2,6-7,9H2,1H3,(H2,16,19). The lowest BCUT2D eigenvalue weighted by Crippen LogP contribution is -2.57. The summed E-state index contributed by atoms with van der Waals surface area (Å²) < 4.78 is 1.06. The highest BCUT2D eigenvalue weighted by molar-refractivity contribution is 9.10. The molecule has 0 spiro atoms. The molecule has 1 fully saturated rings. The fourth-order valence-corrected chi connectivity index (χ4v) is 3.15. The monoisotopic (exact) mass is 325 g/mol. The summed E-state index contributed by atoms with van der Waals surface area (Å²) in [5, 5.41) is 3.24. The topological polar surface area (TPSA) is 58.4 Å². The summed E-state index contributed by atoms with van der Waals surface area (Å²) in [5.74, 6) is -0.249. The van der Waals surface area contributed by atoms with Crippen LogP contribution >= 0.6 is 15.9 Å². The van der Waals surface area contributed by atoms with Gasteiger partial charge in [0.15, 0.2) is 0 Å². The average Bonchev–Trinajstić information content (AvgIpc) is 2.40. The van der Waals surface area contributed by atoms with Crippen molar-refractivity contribution in [3.8, 4) is 0 Å². The summed E-state index contributed by atoms with van der Waals surface area (Å²) in [7, 11) is 0. The Kier molecular flexibility index (Phi) is 4.96. The molecule has 0 saturated carbocycles. The van der Waals surface area contributed by atoms with Crippen molar-refractivity contribution in [1.82, 2.24) is 10.2 Å². The highest BCUT2D eigenvalue weighted by Crippen LogP contribution is 2.28. The first-order valence-corrected chi connectivity index (χ1v) is 7.44. The predicted molar refractivity (Wildman–Crippen MR) is 79.7 cm³/mol. The van der Waals surface area contributed by atoms with Crippen LogP contribution in [0.1, 0.15) is 24.9 Å². The number of nitrogens with zero attached hydrogens (tertiary/aromatic N) is 1. The van der Waals surface area contributed by atoms with Crippen molar-refractivity contribution in [1.29, 1.82) is 0 Å². The Morgan fingerprint density at radius 1 is 1.63 bits per heavy atom. The molecule has 5 heteroatoms. The molecule has 4 nitrogen and oxygen atoms in total. The Bertz CT molecular complexity index is 452. The van der Waals surface area contributed by atoms with Crippen LogP contribution in [0.2, 0.25) is 0 Å². The Morgan fingerprint density at radius 3 is 3.05 bits per heavy atom. The van der Waals surface area contributed by atoms with Gasteiger partial charge in [0.1, 0.15) is 6.04 Å². The molecule has 2 atom stereocenters. The van der Waals surface area contributed by atoms with E-state index in [1.165, 1.54) is 5.56 Å². The van der Waals surface area contributed by atoms with E-state index in [4.69, 9.17) is 5.73 Å². The van der Waals surface area contributed by atoms with Crippen LogP contribution in [0.5, 0.6) is 0 Å². The quantitative estimate of drug-likeness (QED) is 0.885. The van der Waals surface area contributed by atoms with Crippen molar-refractivity contribution >= 4 is 21.8 Å². The van der Waals surface area contributed by atoms with Gasteiger partial charge in [0.2, 0.25) is 5.91 Å². The van der Waals surface area contributed by atoms with Crippen LogP contribution in [0.25, 0.3) is 0 Å². The van der Waals surface area contributed by atoms with E-state index >= 15 is 0 Å². The predicted octanol–water partition coefficient (Wildman–Crippen LogP) is 1.66. The molecule has 1 saturated heterocycles. The van der Waals surface area contributed by atoms with Crippen molar-refractivity contribution < 1.29 is 4.79 Å². The van der Waals surface area contributed by atoms with Crippen LogP contribution in [-0.2, 0) is 4.79 Å². The first-order chi connectivity index (χ1) is 9.13.